The molecular weight excluding hydrogens is 392 g/mol. The molecule has 0 fully saturated rings. The largest absolute Gasteiger partial charge is 0.479 e. The molecule has 1 heterocycles. The number of anilines is 2. The van der Waals surface area contributed by atoms with Gasteiger partial charge in [0.15, 0.2) is 15.9 Å². The van der Waals surface area contributed by atoms with Crippen LogP contribution in [0.1, 0.15) is 13.3 Å². The number of rotatable bonds is 5. The van der Waals surface area contributed by atoms with Crippen molar-refractivity contribution in [3.05, 3.63) is 47.5 Å². The molecule has 7 nitrogen and oxygen atoms in total. The van der Waals surface area contributed by atoms with Crippen LogP contribution in [0, 0.1) is 0 Å². The van der Waals surface area contributed by atoms with E-state index in [4.69, 9.17) is 16.3 Å². The van der Waals surface area contributed by atoms with Gasteiger partial charge in [0.2, 0.25) is 5.91 Å². The van der Waals surface area contributed by atoms with Crippen molar-refractivity contribution in [1.29, 1.82) is 0 Å². The van der Waals surface area contributed by atoms with Gasteiger partial charge in [-0.3, -0.25) is 9.59 Å². The molecule has 3 rings (SSSR count). The van der Waals surface area contributed by atoms with Crippen molar-refractivity contribution in [1.82, 2.24) is 0 Å². The van der Waals surface area contributed by atoms with Gasteiger partial charge in [-0.05, 0) is 49.4 Å². The number of amides is 2. The van der Waals surface area contributed by atoms with Crippen molar-refractivity contribution < 1.29 is 22.7 Å². The summed E-state index contributed by atoms with van der Waals surface area (Å²) >= 11 is 5.75. The van der Waals surface area contributed by atoms with Crippen LogP contribution < -0.4 is 15.4 Å². The highest BCUT2D eigenvalue weighted by Crippen LogP contribution is 2.32. The van der Waals surface area contributed by atoms with Crippen LogP contribution in [0.5, 0.6) is 5.75 Å². The van der Waals surface area contributed by atoms with Crippen molar-refractivity contribution in [2.75, 3.05) is 16.4 Å². The number of halogens is 1. The summed E-state index contributed by atoms with van der Waals surface area (Å²) in [5.41, 5.74) is 0.880. The number of benzene rings is 2. The average Bonchev–Trinajstić information content (AvgIpc) is 2.62. The minimum Gasteiger partial charge on any atom is -0.479 e. The van der Waals surface area contributed by atoms with Crippen molar-refractivity contribution in [3.63, 3.8) is 0 Å². The number of hydrogen-bond acceptors (Lipinski definition) is 5. The van der Waals surface area contributed by atoms with Crippen LogP contribution in [0.4, 0.5) is 11.4 Å². The van der Waals surface area contributed by atoms with Gasteiger partial charge < -0.3 is 15.4 Å². The summed E-state index contributed by atoms with van der Waals surface area (Å²) in [7, 11) is -3.59. The topological polar surface area (TPSA) is 102 Å². The lowest BCUT2D eigenvalue weighted by atomic mass is 10.2. The zero-order chi connectivity index (χ0) is 19.6. The van der Waals surface area contributed by atoms with Gasteiger partial charge in [0, 0.05) is 17.1 Å². The van der Waals surface area contributed by atoms with E-state index in [1.54, 1.807) is 25.1 Å². The maximum absolute atomic E-state index is 12.3. The molecule has 0 aliphatic carbocycles. The molecule has 1 aliphatic heterocycles. The first-order valence-electron chi connectivity index (χ1n) is 8.14. The van der Waals surface area contributed by atoms with Crippen LogP contribution in [0.15, 0.2) is 47.4 Å². The lowest BCUT2D eigenvalue weighted by Gasteiger charge is -2.23. The third-order valence-electron chi connectivity index (χ3n) is 3.96. The molecule has 2 aromatic rings. The Kier molecular flexibility index (Phi) is 5.38. The molecule has 1 atom stereocenters. The van der Waals surface area contributed by atoms with E-state index in [-0.39, 0.29) is 23.0 Å². The first-order valence-corrected chi connectivity index (χ1v) is 10.2. The van der Waals surface area contributed by atoms with E-state index < -0.39 is 21.8 Å². The van der Waals surface area contributed by atoms with Crippen molar-refractivity contribution in [3.8, 4) is 5.75 Å². The molecular formula is C18H17ClN2O5S. The number of carbonyl (C=O) groups is 2. The van der Waals surface area contributed by atoms with Crippen LogP contribution in [-0.4, -0.2) is 32.1 Å². The van der Waals surface area contributed by atoms with E-state index in [0.717, 1.165) is 0 Å². The van der Waals surface area contributed by atoms with Gasteiger partial charge in [-0.2, -0.15) is 0 Å². The second-order valence-corrected chi connectivity index (χ2v) is 8.58. The molecule has 27 heavy (non-hydrogen) atoms. The van der Waals surface area contributed by atoms with Gasteiger partial charge in [-0.1, -0.05) is 11.6 Å². The molecule has 9 heteroatoms. The Morgan fingerprint density at radius 1 is 1.22 bits per heavy atom. The molecule has 2 aromatic carbocycles. The first-order chi connectivity index (χ1) is 12.7. The lowest BCUT2D eigenvalue weighted by Crippen LogP contribution is -2.34. The zero-order valence-corrected chi connectivity index (χ0v) is 15.9. The Hall–Kier alpha value is -2.58. The third-order valence-corrected chi connectivity index (χ3v) is 5.95. The fourth-order valence-electron chi connectivity index (χ4n) is 2.50. The summed E-state index contributed by atoms with van der Waals surface area (Å²) < 4.78 is 30.0. The van der Waals surface area contributed by atoms with Crippen molar-refractivity contribution >= 4 is 44.6 Å². The van der Waals surface area contributed by atoms with Crippen LogP contribution in [0.25, 0.3) is 0 Å². The molecule has 2 N–H and O–H groups in total. The SMILES string of the molecule is C[C@@H]1Oc2ccc(NC(=O)CCS(=O)(=O)c3ccc(Cl)cc3)cc2NC1=O. The Bertz CT molecular complexity index is 989. The fourth-order valence-corrected chi connectivity index (χ4v) is 3.86. The van der Waals surface area contributed by atoms with E-state index >= 15 is 0 Å². The monoisotopic (exact) mass is 408 g/mol. The zero-order valence-electron chi connectivity index (χ0n) is 14.4. The highest BCUT2D eigenvalue weighted by atomic mass is 35.5. The molecule has 2 amide bonds. The van der Waals surface area contributed by atoms with E-state index in [1.165, 1.54) is 24.3 Å². The van der Waals surface area contributed by atoms with E-state index in [9.17, 15) is 18.0 Å². The Balaban J connectivity index is 1.62. The van der Waals surface area contributed by atoms with E-state index in [0.29, 0.717) is 22.1 Å². The van der Waals surface area contributed by atoms with Gasteiger partial charge in [0.05, 0.1) is 16.3 Å². The minimum atomic E-state index is -3.59. The maximum atomic E-state index is 12.3. The highest BCUT2D eigenvalue weighted by Gasteiger charge is 2.24. The van der Waals surface area contributed by atoms with Gasteiger partial charge in [-0.25, -0.2) is 8.42 Å². The van der Waals surface area contributed by atoms with Gasteiger partial charge in [0.25, 0.3) is 5.91 Å². The summed E-state index contributed by atoms with van der Waals surface area (Å²) in [6.07, 6.45) is -0.793. The highest BCUT2D eigenvalue weighted by molar-refractivity contribution is 7.91. The summed E-state index contributed by atoms with van der Waals surface area (Å²) in [4.78, 5) is 23.9. The Morgan fingerprint density at radius 2 is 1.93 bits per heavy atom. The predicted octanol–water partition coefficient (Wildman–Crippen LogP) is 2.86. The number of hydrogen-bond donors (Lipinski definition) is 2. The maximum Gasteiger partial charge on any atom is 0.265 e. The van der Waals surface area contributed by atoms with Crippen molar-refractivity contribution in [2.24, 2.45) is 0 Å². The van der Waals surface area contributed by atoms with Crippen LogP contribution in [-0.2, 0) is 19.4 Å². The standard InChI is InChI=1S/C18H17ClN2O5S/c1-11-18(23)21-15-10-13(4-7-16(15)26-11)20-17(22)8-9-27(24,25)14-5-2-12(19)3-6-14/h2-7,10-11H,8-9H2,1H3,(H,20,22)(H,21,23)/t11-/m0/s1. The fraction of sp³-hybridized carbons (Fsp3) is 0.222. The molecule has 1 aliphatic rings. The van der Waals surface area contributed by atoms with E-state index in [2.05, 4.69) is 10.6 Å². The molecule has 0 unspecified atom stereocenters. The summed E-state index contributed by atoms with van der Waals surface area (Å²) in [6, 6.07) is 10.6. The quantitative estimate of drug-likeness (QED) is 0.792. The summed E-state index contributed by atoms with van der Waals surface area (Å²) in [5.74, 6) is -0.558. The smallest absolute Gasteiger partial charge is 0.265 e. The number of fused-ring (bicyclic) bond motifs is 1. The molecule has 0 saturated heterocycles. The molecule has 142 valence electrons. The lowest BCUT2D eigenvalue weighted by molar-refractivity contribution is -0.122. The summed E-state index contributed by atoms with van der Waals surface area (Å²) in [5, 5.41) is 5.74. The molecule has 0 bridgehead atoms. The third kappa shape index (κ3) is 4.58. The minimum absolute atomic E-state index is 0.113. The van der Waals surface area contributed by atoms with Crippen molar-refractivity contribution in [2.45, 2.75) is 24.3 Å². The normalized spacial score (nSPS) is 16.1. The molecule has 0 saturated carbocycles. The van der Waals surface area contributed by atoms with E-state index in [1.807, 2.05) is 0 Å². The number of carbonyl (C=O) groups excluding carboxylic acids is 2. The van der Waals surface area contributed by atoms with Gasteiger partial charge in [-0.15, -0.1) is 0 Å². The second-order valence-electron chi connectivity index (χ2n) is 6.03. The van der Waals surface area contributed by atoms with Crippen LogP contribution in [0.3, 0.4) is 0 Å². The second kappa shape index (κ2) is 7.58. The Labute approximate surface area is 161 Å². The van der Waals surface area contributed by atoms with Gasteiger partial charge in [0.1, 0.15) is 5.75 Å². The molecule has 0 spiro atoms. The van der Waals surface area contributed by atoms with Gasteiger partial charge >= 0.3 is 0 Å². The number of nitrogens with one attached hydrogen (secondary N) is 2. The molecule has 0 aromatic heterocycles. The predicted molar refractivity (Wildman–Crippen MR) is 102 cm³/mol. The Morgan fingerprint density at radius 3 is 2.63 bits per heavy atom. The molecule has 0 radical (unpaired) electrons. The number of sulfone groups is 1. The number of ether oxygens (including phenoxy) is 1. The average molecular weight is 409 g/mol. The van der Waals surface area contributed by atoms with Crippen LogP contribution >= 0.6 is 11.6 Å². The summed E-state index contributed by atoms with van der Waals surface area (Å²) in [6.45, 7) is 1.63. The first kappa shape index (κ1) is 19.2. The van der Waals surface area contributed by atoms with Crippen LogP contribution in [0.2, 0.25) is 5.02 Å².